The van der Waals surface area contributed by atoms with Gasteiger partial charge in [0.05, 0.1) is 30.6 Å². The average Bonchev–Trinajstić information content (AvgIpc) is 2.89. The monoisotopic (exact) mass is 452 g/mol. The van der Waals surface area contributed by atoms with Crippen LogP contribution in [-0.2, 0) is 9.53 Å². The molecule has 0 aliphatic carbocycles. The molecule has 1 saturated heterocycles. The Bertz CT molecular complexity index is 1330. The van der Waals surface area contributed by atoms with Crippen LogP contribution in [0.3, 0.4) is 0 Å². The average molecular weight is 453 g/mol. The number of para-hydroxylation sites is 1. The summed E-state index contributed by atoms with van der Waals surface area (Å²) in [6.07, 6.45) is 6.37. The van der Waals surface area contributed by atoms with E-state index in [-0.39, 0.29) is 5.91 Å². The highest BCUT2D eigenvalue weighted by Crippen LogP contribution is 2.29. The number of aromatic nitrogens is 3. The Labute approximate surface area is 197 Å². The molecule has 8 heteroatoms. The lowest BCUT2D eigenvalue weighted by Crippen LogP contribution is -2.36. The molecular formula is C26H24N6O2. The highest BCUT2D eigenvalue weighted by atomic mass is 16.5. The van der Waals surface area contributed by atoms with Crippen molar-refractivity contribution in [1.82, 2.24) is 15.0 Å². The van der Waals surface area contributed by atoms with Gasteiger partial charge in [-0.25, -0.2) is 9.97 Å². The number of pyridine rings is 1. The SMILES string of the molecule is C=CC(=O)Nc1cncc(-c2cccc3cnc(Nc4ccc(N5CCOCC5)cc4)nc23)c1. The van der Waals surface area contributed by atoms with E-state index in [1.165, 1.54) is 11.8 Å². The maximum atomic E-state index is 11.7. The van der Waals surface area contributed by atoms with Crippen LogP contribution >= 0.6 is 0 Å². The molecule has 0 saturated carbocycles. The second kappa shape index (κ2) is 9.68. The van der Waals surface area contributed by atoms with Crippen LogP contribution in [0.15, 0.2) is 79.8 Å². The van der Waals surface area contributed by atoms with Crippen molar-refractivity contribution < 1.29 is 9.53 Å². The number of amides is 1. The van der Waals surface area contributed by atoms with E-state index < -0.39 is 0 Å². The first-order chi connectivity index (χ1) is 16.7. The lowest BCUT2D eigenvalue weighted by molar-refractivity contribution is -0.111. The highest BCUT2D eigenvalue weighted by Gasteiger charge is 2.12. The molecule has 1 aliphatic rings. The van der Waals surface area contributed by atoms with Gasteiger partial charge in [0.15, 0.2) is 0 Å². The second-order valence-corrected chi connectivity index (χ2v) is 7.86. The predicted octanol–water partition coefficient (Wildman–Crippen LogP) is 4.40. The van der Waals surface area contributed by atoms with Crippen molar-refractivity contribution >= 4 is 39.8 Å². The van der Waals surface area contributed by atoms with Crippen molar-refractivity contribution in [2.24, 2.45) is 0 Å². The van der Waals surface area contributed by atoms with E-state index >= 15 is 0 Å². The first-order valence-electron chi connectivity index (χ1n) is 11.0. The molecule has 2 aromatic carbocycles. The molecule has 2 aromatic heterocycles. The van der Waals surface area contributed by atoms with E-state index in [4.69, 9.17) is 9.72 Å². The molecule has 0 atom stereocenters. The van der Waals surface area contributed by atoms with Gasteiger partial charge in [-0.05, 0) is 36.4 Å². The first-order valence-corrected chi connectivity index (χ1v) is 11.0. The van der Waals surface area contributed by atoms with Gasteiger partial charge in [-0.15, -0.1) is 0 Å². The summed E-state index contributed by atoms with van der Waals surface area (Å²) >= 11 is 0. The number of nitrogens with zero attached hydrogens (tertiary/aromatic N) is 4. The molecule has 8 nitrogen and oxygen atoms in total. The van der Waals surface area contributed by atoms with Gasteiger partial charge in [0.1, 0.15) is 0 Å². The summed E-state index contributed by atoms with van der Waals surface area (Å²) in [5, 5.41) is 6.96. The Morgan fingerprint density at radius 2 is 1.85 bits per heavy atom. The maximum Gasteiger partial charge on any atom is 0.247 e. The summed E-state index contributed by atoms with van der Waals surface area (Å²) in [5.41, 5.74) is 5.20. The zero-order chi connectivity index (χ0) is 23.3. The van der Waals surface area contributed by atoms with E-state index in [1.54, 1.807) is 18.6 Å². The minimum absolute atomic E-state index is 0.287. The highest BCUT2D eigenvalue weighted by molar-refractivity contribution is 6.00. The largest absolute Gasteiger partial charge is 0.378 e. The smallest absolute Gasteiger partial charge is 0.247 e. The standard InChI is InChI=1S/C26H24N6O2/c1-2-24(33)29-21-14-19(15-27-17-21)23-5-3-4-18-16-28-26(31-25(18)23)30-20-6-8-22(9-7-20)32-10-12-34-13-11-32/h2-9,14-17H,1,10-13H2,(H,29,33)(H,28,30,31). The predicted molar refractivity (Wildman–Crippen MR) is 134 cm³/mol. The zero-order valence-corrected chi connectivity index (χ0v) is 18.6. The Morgan fingerprint density at radius 1 is 1.03 bits per heavy atom. The van der Waals surface area contributed by atoms with Gasteiger partial charge >= 0.3 is 0 Å². The molecule has 0 unspecified atom stereocenters. The molecular weight excluding hydrogens is 428 g/mol. The number of hydrogen-bond acceptors (Lipinski definition) is 7. The van der Waals surface area contributed by atoms with E-state index in [2.05, 4.69) is 44.2 Å². The van der Waals surface area contributed by atoms with E-state index in [0.29, 0.717) is 11.6 Å². The molecule has 4 aromatic rings. The van der Waals surface area contributed by atoms with Crippen molar-refractivity contribution in [3.05, 3.63) is 79.8 Å². The summed E-state index contributed by atoms with van der Waals surface area (Å²) in [6.45, 7) is 6.80. The number of carbonyl (C=O) groups excluding carboxylic acids is 1. The van der Waals surface area contributed by atoms with Crippen LogP contribution in [-0.4, -0.2) is 47.2 Å². The number of ether oxygens (including phenoxy) is 1. The second-order valence-electron chi connectivity index (χ2n) is 7.86. The summed E-state index contributed by atoms with van der Waals surface area (Å²) in [5.74, 6) is 0.216. The third kappa shape index (κ3) is 4.72. The van der Waals surface area contributed by atoms with Crippen LogP contribution in [0, 0.1) is 0 Å². The molecule has 0 radical (unpaired) electrons. The normalized spacial score (nSPS) is 13.5. The Morgan fingerprint density at radius 3 is 2.65 bits per heavy atom. The van der Waals surface area contributed by atoms with Gasteiger partial charge in [-0.1, -0.05) is 24.8 Å². The third-order valence-electron chi connectivity index (χ3n) is 5.61. The molecule has 1 amide bonds. The first kappa shape index (κ1) is 21.5. The number of nitrogens with one attached hydrogen (secondary N) is 2. The zero-order valence-electron chi connectivity index (χ0n) is 18.6. The van der Waals surface area contributed by atoms with Crippen LogP contribution in [0.5, 0.6) is 0 Å². The Kier molecular flexibility index (Phi) is 6.13. The van der Waals surface area contributed by atoms with Crippen molar-refractivity contribution in [2.75, 3.05) is 41.8 Å². The number of carbonyl (C=O) groups is 1. The van der Waals surface area contributed by atoms with Gasteiger partial charge in [-0.3, -0.25) is 9.78 Å². The summed E-state index contributed by atoms with van der Waals surface area (Å²) in [7, 11) is 0. The molecule has 3 heterocycles. The van der Waals surface area contributed by atoms with E-state index in [9.17, 15) is 4.79 Å². The van der Waals surface area contributed by atoms with Crippen LogP contribution in [0.4, 0.5) is 23.0 Å². The van der Waals surface area contributed by atoms with Crippen molar-refractivity contribution in [2.45, 2.75) is 0 Å². The molecule has 170 valence electrons. The Balaban J connectivity index is 1.41. The fourth-order valence-electron chi connectivity index (χ4n) is 3.90. The van der Waals surface area contributed by atoms with Gasteiger partial charge in [0, 0.05) is 53.4 Å². The van der Waals surface area contributed by atoms with Crippen LogP contribution in [0.2, 0.25) is 0 Å². The van der Waals surface area contributed by atoms with E-state index in [0.717, 1.165) is 54.0 Å². The maximum absolute atomic E-state index is 11.7. The molecule has 1 aliphatic heterocycles. The van der Waals surface area contributed by atoms with Crippen LogP contribution in [0.1, 0.15) is 0 Å². The van der Waals surface area contributed by atoms with Crippen molar-refractivity contribution in [3.63, 3.8) is 0 Å². The number of hydrogen-bond donors (Lipinski definition) is 2. The number of benzene rings is 2. The number of morpholine rings is 1. The quantitative estimate of drug-likeness (QED) is 0.419. The number of fused-ring (bicyclic) bond motifs is 1. The third-order valence-corrected chi connectivity index (χ3v) is 5.61. The summed E-state index contributed by atoms with van der Waals surface area (Å²) in [6, 6.07) is 16.0. The fourth-order valence-corrected chi connectivity index (χ4v) is 3.90. The molecule has 5 rings (SSSR count). The molecule has 2 N–H and O–H groups in total. The summed E-state index contributed by atoms with van der Waals surface area (Å²) < 4.78 is 5.43. The van der Waals surface area contributed by atoms with Crippen molar-refractivity contribution in [1.29, 1.82) is 0 Å². The van der Waals surface area contributed by atoms with Gasteiger partial charge < -0.3 is 20.3 Å². The Hall–Kier alpha value is -4.30. The lowest BCUT2D eigenvalue weighted by Gasteiger charge is -2.28. The fraction of sp³-hybridized carbons (Fsp3) is 0.154. The molecule has 0 spiro atoms. The van der Waals surface area contributed by atoms with Crippen LogP contribution < -0.4 is 15.5 Å². The summed E-state index contributed by atoms with van der Waals surface area (Å²) in [4.78, 5) is 27.5. The van der Waals surface area contributed by atoms with Gasteiger partial charge in [0.2, 0.25) is 11.9 Å². The topological polar surface area (TPSA) is 92.3 Å². The number of rotatable bonds is 6. The molecule has 1 fully saturated rings. The van der Waals surface area contributed by atoms with Crippen LogP contribution in [0.25, 0.3) is 22.0 Å². The lowest BCUT2D eigenvalue weighted by atomic mass is 10.0. The minimum Gasteiger partial charge on any atom is -0.378 e. The molecule has 0 bridgehead atoms. The van der Waals surface area contributed by atoms with Crippen molar-refractivity contribution in [3.8, 4) is 11.1 Å². The number of anilines is 4. The van der Waals surface area contributed by atoms with Gasteiger partial charge in [-0.2, -0.15) is 0 Å². The molecule has 34 heavy (non-hydrogen) atoms. The minimum atomic E-state index is -0.287. The van der Waals surface area contributed by atoms with Gasteiger partial charge in [0.25, 0.3) is 0 Å². The van der Waals surface area contributed by atoms with E-state index in [1.807, 2.05) is 36.4 Å².